The third-order valence-electron chi connectivity index (χ3n) is 5.70. The predicted octanol–water partition coefficient (Wildman–Crippen LogP) is 3.90. The molecule has 0 radical (unpaired) electrons. The van der Waals surface area contributed by atoms with Crippen molar-refractivity contribution in [1.82, 2.24) is 9.80 Å². The number of benzene rings is 2. The summed E-state index contributed by atoms with van der Waals surface area (Å²) in [6.45, 7) is 3.27. The monoisotopic (exact) mass is 500 g/mol. The van der Waals surface area contributed by atoms with Gasteiger partial charge in [0.1, 0.15) is 11.5 Å². The lowest BCUT2D eigenvalue weighted by atomic mass is 9.94. The molecule has 0 saturated carbocycles. The molecule has 8 nitrogen and oxygen atoms in total. The van der Waals surface area contributed by atoms with Gasteiger partial charge in [0.25, 0.3) is 11.7 Å². The van der Waals surface area contributed by atoms with Gasteiger partial charge in [-0.15, -0.1) is 0 Å². The highest BCUT2D eigenvalue weighted by Gasteiger charge is 2.45. The maximum Gasteiger partial charge on any atom is 0.337 e. The van der Waals surface area contributed by atoms with Crippen molar-refractivity contribution in [2.75, 3.05) is 40.9 Å². The summed E-state index contributed by atoms with van der Waals surface area (Å²) in [4.78, 5) is 41.5. The Balaban J connectivity index is 2.09. The maximum absolute atomic E-state index is 13.1. The highest BCUT2D eigenvalue weighted by molar-refractivity contribution is 6.46. The Morgan fingerprint density at radius 3 is 2.34 bits per heavy atom. The van der Waals surface area contributed by atoms with Gasteiger partial charge in [0, 0.05) is 12.1 Å². The number of nitrogens with zero attached hydrogens (tertiary/aromatic N) is 2. The second-order valence-corrected chi connectivity index (χ2v) is 8.75. The lowest BCUT2D eigenvalue weighted by Crippen LogP contribution is -2.32. The van der Waals surface area contributed by atoms with E-state index in [4.69, 9.17) is 21.1 Å². The molecule has 1 amide bonds. The molecule has 9 heteroatoms. The van der Waals surface area contributed by atoms with Crippen molar-refractivity contribution >= 4 is 35.0 Å². The molecule has 0 aromatic heterocycles. The molecular weight excluding hydrogens is 472 g/mol. The minimum absolute atomic E-state index is 0.0362. The van der Waals surface area contributed by atoms with Gasteiger partial charge >= 0.3 is 5.97 Å². The number of likely N-dealkylation sites (tertiary alicyclic amines) is 1. The number of hydrogen-bond acceptors (Lipinski definition) is 7. The zero-order valence-corrected chi connectivity index (χ0v) is 21.0. The van der Waals surface area contributed by atoms with Crippen LogP contribution in [0.3, 0.4) is 0 Å². The number of ketones is 1. The number of Topliss-reactive ketones (excluding diaryl/α,β-unsaturated/α-hetero) is 1. The van der Waals surface area contributed by atoms with Gasteiger partial charge in [0.2, 0.25) is 0 Å². The fraction of sp³-hybridized carbons (Fsp3) is 0.346. The van der Waals surface area contributed by atoms with Crippen molar-refractivity contribution in [1.29, 1.82) is 0 Å². The highest BCUT2D eigenvalue weighted by Crippen LogP contribution is 2.40. The molecule has 2 aromatic rings. The van der Waals surface area contributed by atoms with E-state index in [-0.39, 0.29) is 16.4 Å². The van der Waals surface area contributed by atoms with Crippen LogP contribution in [-0.4, -0.2) is 73.5 Å². The molecule has 1 unspecified atom stereocenters. The fourth-order valence-corrected chi connectivity index (χ4v) is 4.25. The second kappa shape index (κ2) is 11.4. The van der Waals surface area contributed by atoms with Crippen molar-refractivity contribution in [2.24, 2.45) is 0 Å². The smallest absolute Gasteiger partial charge is 0.337 e. The zero-order chi connectivity index (χ0) is 25.7. The summed E-state index contributed by atoms with van der Waals surface area (Å²) < 4.78 is 10.2. The summed E-state index contributed by atoms with van der Waals surface area (Å²) in [6, 6.07) is 10.3. The number of carbonyl (C=O) groups is 3. The highest BCUT2D eigenvalue weighted by atomic mass is 35.5. The molecular formula is C26H29ClN2O6. The van der Waals surface area contributed by atoms with Gasteiger partial charge in [-0.05, 0) is 69.9 Å². The van der Waals surface area contributed by atoms with Gasteiger partial charge in [0.15, 0.2) is 0 Å². The molecule has 1 saturated heterocycles. The van der Waals surface area contributed by atoms with E-state index < -0.39 is 23.7 Å². The number of hydrogen-bond donors (Lipinski definition) is 1. The van der Waals surface area contributed by atoms with Crippen LogP contribution in [0.1, 0.15) is 40.9 Å². The first-order valence-corrected chi connectivity index (χ1v) is 11.6. The number of ether oxygens (including phenoxy) is 2. The number of carbonyl (C=O) groups excluding carboxylic acids is 3. The molecule has 0 spiro atoms. The van der Waals surface area contributed by atoms with E-state index in [1.54, 1.807) is 36.4 Å². The Labute approximate surface area is 209 Å². The van der Waals surface area contributed by atoms with E-state index in [0.29, 0.717) is 48.6 Å². The van der Waals surface area contributed by atoms with Crippen LogP contribution < -0.4 is 4.74 Å². The molecule has 186 valence electrons. The summed E-state index contributed by atoms with van der Waals surface area (Å²) in [5.41, 5.74) is 1.17. The molecule has 3 rings (SSSR count). The molecule has 0 aliphatic carbocycles. The summed E-state index contributed by atoms with van der Waals surface area (Å²) in [7, 11) is 5.14. The summed E-state index contributed by atoms with van der Waals surface area (Å²) in [6.07, 6.45) is 0.631. The molecule has 1 fully saturated rings. The average Bonchev–Trinajstić information content (AvgIpc) is 3.09. The van der Waals surface area contributed by atoms with E-state index in [2.05, 4.69) is 0 Å². The average molecular weight is 501 g/mol. The molecule has 2 aromatic carbocycles. The SMILES string of the molecule is CCOc1ccc(/C(O)=C2\C(=O)C(=O)N(CCCN(C)C)C2c2ccc(C(=O)OC)cc2)cc1Cl. The van der Waals surface area contributed by atoms with Crippen LogP contribution >= 0.6 is 11.6 Å². The molecule has 1 N–H and O–H groups in total. The van der Waals surface area contributed by atoms with E-state index in [0.717, 1.165) is 0 Å². The largest absolute Gasteiger partial charge is 0.507 e. The van der Waals surface area contributed by atoms with Crippen molar-refractivity contribution < 1.29 is 29.0 Å². The lowest BCUT2D eigenvalue weighted by Gasteiger charge is -2.26. The van der Waals surface area contributed by atoms with Crippen LogP contribution in [0.25, 0.3) is 5.76 Å². The number of aliphatic hydroxyl groups excluding tert-OH is 1. The van der Waals surface area contributed by atoms with Crippen molar-refractivity contribution in [2.45, 2.75) is 19.4 Å². The quantitative estimate of drug-likeness (QED) is 0.241. The van der Waals surface area contributed by atoms with Gasteiger partial charge in [-0.25, -0.2) is 4.79 Å². The molecule has 0 bridgehead atoms. The number of aliphatic hydroxyl groups is 1. The minimum Gasteiger partial charge on any atom is -0.507 e. The Kier molecular flexibility index (Phi) is 8.53. The summed E-state index contributed by atoms with van der Waals surface area (Å²) in [5.74, 6) is -1.85. The Bertz CT molecular complexity index is 1140. The molecule has 1 aliphatic rings. The lowest BCUT2D eigenvalue weighted by molar-refractivity contribution is -0.139. The molecule has 1 aliphatic heterocycles. The first-order valence-electron chi connectivity index (χ1n) is 11.2. The topological polar surface area (TPSA) is 96.4 Å². The standard InChI is InChI=1S/C26H29ClN2O6/c1-5-35-20-12-11-18(15-19(20)27)23(30)21-22(16-7-9-17(10-8-16)26(33)34-4)29(25(32)24(21)31)14-6-13-28(2)3/h7-12,15,22,30H,5-6,13-14H2,1-4H3/b23-21+. The maximum atomic E-state index is 13.1. The first-order chi connectivity index (χ1) is 16.7. The third-order valence-corrected chi connectivity index (χ3v) is 5.99. The van der Waals surface area contributed by atoms with Crippen LogP contribution in [0.5, 0.6) is 5.75 Å². The van der Waals surface area contributed by atoms with Crippen LogP contribution in [0.2, 0.25) is 5.02 Å². The number of methoxy groups -OCH3 is 1. The third kappa shape index (κ3) is 5.66. The van der Waals surface area contributed by atoms with Gasteiger partial charge < -0.3 is 24.4 Å². The van der Waals surface area contributed by atoms with E-state index in [1.165, 1.54) is 18.1 Å². The van der Waals surface area contributed by atoms with Gasteiger partial charge in [0.05, 0.1) is 35.9 Å². The molecule has 35 heavy (non-hydrogen) atoms. The van der Waals surface area contributed by atoms with Crippen LogP contribution in [-0.2, 0) is 14.3 Å². The Hall–Kier alpha value is -3.36. The zero-order valence-electron chi connectivity index (χ0n) is 20.2. The van der Waals surface area contributed by atoms with E-state index >= 15 is 0 Å². The minimum atomic E-state index is -0.825. The van der Waals surface area contributed by atoms with Gasteiger partial charge in [-0.3, -0.25) is 9.59 Å². The number of esters is 1. The second-order valence-electron chi connectivity index (χ2n) is 8.34. The van der Waals surface area contributed by atoms with Gasteiger partial charge in [-0.1, -0.05) is 23.7 Å². The van der Waals surface area contributed by atoms with Crippen LogP contribution in [0.4, 0.5) is 0 Å². The van der Waals surface area contributed by atoms with Crippen LogP contribution in [0, 0.1) is 0 Å². The van der Waals surface area contributed by atoms with E-state index in [1.807, 2.05) is 25.9 Å². The number of halogens is 1. The normalized spacial score (nSPS) is 17.2. The van der Waals surface area contributed by atoms with Crippen molar-refractivity contribution in [3.05, 3.63) is 69.8 Å². The molecule has 1 heterocycles. The Morgan fingerprint density at radius 1 is 1.11 bits per heavy atom. The molecule has 1 atom stereocenters. The van der Waals surface area contributed by atoms with E-state index in [9.17, 15) is 19.5 Å². The summed E-state index contributed by atoms with van der Waals surface area (Å²) >= 11 is 6.30. The fourth-order valence-electron chi connectivity index (χ4n) is 4.01. The number of amides is 1. The Morgan fingerprint density at radius 2 is 1.77 bits per heavy atom. The van der Waals surface area contributed by atoms with Gasteiger partial charge in [-0.2, -0.15) is 0 Å². The summed E-state index contributed by atoms with van der Waals surface area (Å²) in [5, 5.41) is 11.5. The van der Waals surface area contributed by atoms with Crippen molar-refractivity contribution in [3.63, 3.8) is 0 Å². The van der Waals surface area contributed by atoms with Crippen molar-refractivity contribution in [3.8, 4) is 5.75 Å². The van der Waals surface area contributed by atoms with Crippen LogP contribution in [0.15, 0.2) is 48.0 Å². The predicted molar refractivity (Wildman–Crippen MR) is 133 cm³/mol. The number of rotatable bonds is 9. The first kappa shape index (κ1) is 26.2.